The Hall–Kier alpha value is -0.740. The van der Waals surface area contributed by atoms with E-state index in [1.807, 2.05) is 19.9 Å². The summed E-state index contributed by atoms with van der Waals surface area (Å²) in [4.78, 5) is 0.383. The number of hydrogen-bond acceptors (Lipinski definition) is 3. The first-order chi connectivity index (χ1) is 8.51. The van der Waals surface area contributed by atoms with Gasteiger partial charge in [0.05, 0.1) is 16.3 Å². The normalized spacial score (nSPS) is 13.3. The molecule has 1 aromatic rings. The summed E-state index contributed by atoms with van der Waals surface area (Å²) in [5.41, 5.74) is 0.669. The van der Waals surface area contributed by atoms with Crippen LogP contribution < -0.4 is 5.32 Å². The Morgan fingerprint density at radius 1 is 1.33 bits per heavy atom. The molecular formula is C13H20ClNO2S. The van der Waals surface area contributed by atoms with Crippen LogP contribution in [0.25, 0.3) is 0 Å². The van der Waals surface area contributed by atoms with Gasteiger partial charge in [-0.15, -0.1) is 11.6 Å². The number of sulfone groups is 1. The van der Waals surface area contributed by atoms with E-state index < -0.39 is 9.84 Å². The van der Waals surface area contributed by atoms with Crippen LogP contribution >= 0.6 is 11.6 Å². The minimum absolute atomic E-state index is 0.177. The van der Waals surface area contributed by atoms with Crippen molar-refractivity contribution in [3.05, 3.63) is 24.3 Å². The van der Waals surface area contributed by atoms with E-state index in [-0.39, 0.29) is 5.75 Å². The van der Waals surface area contributed by atoms with Crippen LogP contribution in [-0.2, 0) is 9.84 Å². The van der Waals surface area contributed by atoms with E-state index in [4.69, 9.17) is 11.6 Å². The maximum Gasteiger partial charge on any atom is 0.180 e. The molecule has 0 fully saturated rings. The molecule has 0 bridgehead atoms. The summed E-state index contributed by atoms with van der Waals surface area (Å²) in [6, 6.07) is 7.03. The quantitative estimate of drug-likeness (QED) is 0.784. The average molecular weight is 290 g/mol. The number of nitrogens with one attached hydrogen (secondary N) is 1. The molecule has 0 aromatic heterocycles. The molecule has 0 aliphatic heterocycles. The van der Waals surface area contributed by atoms with Crippen LogP contribution in [0.5, 0.6) is 0 Å². The van der Waals surface area contributed by atoms with Crippen LogP contribution in [0.3, 0.4) is 0 Å². The molecule has 5 heteroatoms. The van der Waals surface area contributed by atoms with Crippen molar-refractivity contribution in [1.82, 2.24) is 0 Å². The van der Waals surface area contributed by atoms with Crippen LogP contribution in [0.1, 0.15) is 20.3 Å². The first-order valence-corrected chi connectivity index (χ1v) is 8.31. The number of anilines is 1. The molecule has 0 saturated heterocycles. The monoisotopic (exact) mass is 289 g/mol. The Balaban J connectivity index is 2.93. The highest BCUT2D eigenvalue weighted by Gasteiger charge is 2.17. The lowest BCUT2D eigenvalue weighted by atomic mass is 10.2. The van der Waals surface area contributed by atoms with Gasteiger partial charge in [-0.3, -0.25) is 0 Å². The van der Waals surface area contributed by atoms with E-state index in [1.165, 1.54) is 0 Å². The van der Waals surface area contributed by atoms with Crippen molar-refractivity contribution in [2.24, 2.45) is 5.92 Å². The third-order valence-electron chi connectivity index (χ3n) is 2.60. The molecule has 1 unspecified atom stereocenters. The molecule has 0 saturated carbocycles. The molecule has 3 nitrogen and oxygen atoms in total. The molecule has 1 rings (SSSR count). The largest absolute Gasteiger partial charge is 0.384 e. The smallest absolute Gasteiger partial charge is 0.180 e. The Morgan fingerprint density at radius 3 is 2.61 bits per heavy atom. The summed E-state index contributed by atoms with van der Waals surface area (Å²) in [5.74, 6) is 1.03. The molecule has 0 heterocycles. The third kappa shape index (κ3) is 4.18. The lowest BCUT2D eigenvalue weighted by molar-refractivity contribution is 0.594. The fraction of sp³-hybridized carbons (Fsp3) is 0.538. The van der Waals surface area contributed by atoms with Gasteiger partial charge < -0.3 is 5.32 Å². The lowest BCUT2D eigenvalue weighted by Gasteiger charge is -2.14. The van der Waals surface area contributed by atoms with Crippen molar-refractivity contribution < 1.29 is 8.42 Å². The minimum Gasteiger partial charge on any atom is -0.384 e. The van der Waals surface area contributed by atoms with Gasteiger partial charge in [-0.1, -0.05) is 26.0 Å². The Kier molecular flexibility index (Phi) is 5.96. The zero-order chi connectivity index (χ0) is 13.6. The van der Waals surface area contributed by atoms with E-state index in [0.717, 1.165) is 0 Å². The van der Waals surface area contributed by atoms with Crippen molar-refractivity contribution in [1.29, 1.82) is 0 Å². The highest BCUT2D eigenvalue weighted by molar-refractivity contribution is 7.91. The Labute approximate surface area is 114 Å². The molecule has 18 heavy (non-hydrogen) atoms. The third-order valence-corrected chi connectivity index (χ3v) is 5.10. The van der Waals surface area contributed by atoms with Gasteiger partial charge in [0, 0.05) is 12.4 Å². The molecule has 1 aromatic carbocycles. The molecule has 1 N–H and O–H groups in total. The minimum atomic E-state index is -3.19. The molecule has 0 amide bonds. The van der Waals surface area contributed by atoms with Crippen LogP contribution in [0.4, 0.5) is 5.69 Å². The predicted octanol–water partition coefficient (Wildman–Crippen LogP) is 3.16. The van der Waals surface area contributed by atoms with Gasteiger partial charge in [0.15, 0.2) is 9.84 Å². The first-order valence-electron chi connectivity index (χ1n) is 6.13. The number of rotatable bonds is 7. The standard InChI is InChI=1S/C13H20ClNO2S/c1-3-8-18(16,17)13-7-5-4-6-12(13)15-10-11(2)9-14/h4-7,11,15H,3,8-10H2,1-2H3. The maximum atomic E-state index is 12.1. The summed E-state index contributed by atoms with van der Waals surface area (Å²) in [6.07, 6.45) is 0.620. The van der Waals surface area contributed by atoms with E-state index >= 15 is 0 Å². The molecular weight excluding hydrogens is 270 g/mol. The molecule has 0 aliphatic carbocycles. The molecule has 0 aliphatic rings. The van der Waals surface area contributed by atoms with Gasteiger partial charge >= 0.3 is 0 Å². The fourth-order valence-corrected chi connectivity index (χ4v) is 3.23. The summed E-state index contributed by atoms with van der Waals surface area (Å²) in [5, 5.41) is 3.16. The van der Waals surface area contributed by atoms with Gasteiger partial charge in [-0.05, 0) is 24.5 Å². The molecule has 102 valence electrons. The van der Waals surface area contributed by atoms with Crippen molar-refractivity contribution in [2.45, 2.75) is 25.2 Å². The second-order valence-corrected chi connectivity index (χ2v) is 6.84. The fourth-order valence-electron chi connectivity index (χ4n) is 1.60. The van der Waals surface area contributed by atoms with Crippen molar-refractivity contribution in [3.63, 3.8) is 0 Å². The van der Waals surface area contributed by atoms with Gasteiger partial charge in [0.2, 0.25) is 0 Å². The summed E-state index contributed by atoms with van der Waals surface area (Å²) >= 11 is 5.74. The SMILES string of the molecule is CCCS(=O)(=O)c1ccccc1NCC(C)CCl. The molecule has 1 atom stereocenters. The second kappa shape index (κ2) is 7.00. The summed E-state index contributed by atoms with van der Waals surface area (Å²) in [7, 11) is -3.19. The van der Waals surface area contributed by atoms with Crippen LogP contribution in [0, 0.1) is 5.92 Å². The number of halogens is 1. The Morgan fingerprint density at radius 2 is 2.00 bits per heavy atom. The maximum absolute atomic E-state index is 12.1. The number of para-hydroxylation sites is 1. The van der Waals surface area contributed by atoms with Crippen LogP contribution in [-0.4, -0.2) is 26.6 Å². The number of alkyl halides is 1. The van der Waals surface area contributed by atoms with Crippen molar-refractivity contribution in [2.75, 3.05) is 23.5 Å². The summed E-state index contributed by atoms with van der Waals surface area (Å²) in [6.45, 7) is 4.55. The highest BCUT2D eigenvalue weighted by Crippen LogP contribution is 2.22. The van der Waals surface area contributed by atoms with E-state index in [2.05, 4.69) is 5.32 Å². The number of hydrogen-bond donors (Lipinski definition) is 1. The van der Waals surface area contributed by atoms with Gasteiger partial charge in [0.25, 0.3) is 0 Å². The molecule has 0 spiro atoms. The lowest BCUT2D eigenvalue weighted by Crippen LogP contribution is -2.15. The summed E-state index contributed by atoms with van der Waals surface area (Å²) < 4.78 is 24.2. The zero-order valence-electron chi connectivity index (χ0n) is 10.8. The number of benzene rings is 1. The average Bonchev–Trinajstić information content (AvgIpc) is 2.36. The molecule has 0 radical (unpaired) electrons. The predicted molar refractivity (Wildman–Crippen MR) is 77.2 cm³/mol. The van der Waals surface area contributed by atoms with E-state index in [9.17, 15) is 8.42 Å². The van der Waals surface area contributed by atoms with E-state index in [1.54, 1.807) is 18.2 Å². The van der Waals surface area contributed by atoms with Crippen LogP contribution in [0.15, 0.2) is 29.2 Å². The second-order valence-electron chi connectivity index (χ2n) is 4.46. The Bertz CT molecular complexity index is 474. The van der Waals surface area contributed by atoms with Gasteiger partial charge in [-0.25, -0.2) is 8.42 Å². The topological polar surface area (TPSA) is 46.2 Å². The van der Waals surface area contributed by atoms with Crippen LogP contribution in [0.2, 0.25) is 0 Å². The van der Waals surface area contributed by atoms with Gasteiger partial charge in [-0.2, -0.15) is 0 Å². The zero-order valence-corrected chi connectivity index (χ0v) is 12.4. The van der Waals surface area contributed by atoms with Crippen molar-refractivity contribution >= 4 is 27.1 Å². The highest BCUT2D eigenvalue weighted by atomic mass is 35.5. The van der Waals surface area contributed by atoms with Gasteiger partial charge in [0.1, 0.15) is 0 Å². The first kappa shape index (κ1) is 15.3. The van der Waals surface area contributed by atoms with E-state index in [0.29, 0.717) is 35.3 Å². The van der Waals surface area contributed by atoms with Crippen molar-refractivity contribution in [3.8, 4) is 0 Å².